The molecule has 0 bridgehead atoms. The number of hydrogen-bond donors (Lipinski definition) is 0. The molecular weight excluding hydrogens is 1210 g/mol. The van der Waals surface area contributed by atoms with Crippen molar-refractivity contribution in [2.24, 2.45) is 0 Å². The molecule has 0 aliphatic heterocycles. The minimum atomic E-state index is -0.0905. The lowest BCUT2D eigenvalue weighted by Gasteiger charge is -2.21. The Morgan fingerprint density at radius 3 is 0.880 bits per heavy atom. The third kappa shape index (κ3) is 8.66. The van der Waals surface area contributed by atoms with Crippen LogP contribution in [-0.2, 0) is 10.8 Å². The first kappa shape index (κ1) is 57.7. The van der Waals surface area contributed by atoms with Crippen molar-refractivity contribution in [3.05, 3.63) is 362 Å². The highest BCUT2D eigenvalue weighted by molar-refractivity contribution is 6.16. The molecule has 19 aromatic rings. The summed E-state index contributed by atoms with van der Waals surface area (Å²) >= 11 is 0. The number of benzene rings is 15. The van der Waals surface area contributed by atoms with Crippen LogP contribution in [0.4, 0.5) is 0 Å². The van der Waals surface area contributed by atoms with Crippen molar-refractivity contribution < 1.29 is 0 Å². The van der Waals surface area contributed by atoms with Gasteiger partial charge in [-0.05, 0) is 211 Å². The Morgan fingerprint density at radius 1 is 0.170 bits per heavy atom. The summed E-state index contributed by atoms with van der Waals surface area (Å²) in [5.41, 5.74) is 32.7. The van der Waals surface area contributed by atoms with Gasteiger partial charge in [0.05, 0.1) is 44.1 Å². The SMILES string of the molecule is CC1(C)c2ccccc2-c2cc3c4cc(-c5ccc6c(c5)c5ccccc5n6-c5ccccc5)ccc4n(-c4cccc(-c5ccccc5)c4)c3cc21.CC1(C)c2ccccc2-c2cc3c4cc(-c5ccc6c(c5)c5ccccc5n6-c5ccccc5)ccc4n(-c4ccccc4)c3cc21. The van der Waals surface area contributed by atoms with Gasteiger partial charge in [0.25, 0.3) is 0 Å². The van der Waals surface area contributed by atoms with Gasteiger partial charge in [-0.15, -0.1) is 0 Å². The van der Waals surface area contributed by atoms with Gasteiger partial charge in [-0.3, -0.25) is 0 Å². The highest BCUT2D eigenvalue weighted by atomic mass is 15.0. The van der Waals surface area contributed by atoms with Crippen LogP contribution in [0, 0.1) is 0 Å². The van der Waals surface area contributed by atoms with Gasteiger partial charge in [0.2, 0.25) is 0 Å². The third-order valence-electron chi connectivity index (χ3n) is 22.2. The van der Waals surface area contributed by atoms with E-state index in [1.807, 2.05) is 0 Å². The second-order valence-corrected chi connectivity index (χ2v) is 28.4. The van der Waals surface area contributed by atoms with Gasteiger partial charge >= 0.3 is 0 Å². The molecule has 0 fully saturated rings. The molecule has 2 aliphatic rings. The molecule has 0 N–H and O–H groups in total. The lowest BCUT2D eigenvalue weighted by atomic mass is 9.82. The van der Waals surface area contributed by atoms with Crippen molar-refractivity contribution in [1.29, 1.82) is 0 Å². The van der Waals surface area contributed by atoms with Gasteiger partial charge in [0, 0.05) is 76.7 Å². The first-order chi connectivity index (χ1) is 49.1. The number of fused-ring (bicyclic) bond motifs is 18. The molecule has 4 heteroatoms. The minimum Gasteiger partial charge on any atom is -0.309 e. The molecule has 0 amide bonds. The highest BCUT2D eigenvalue weighted by Gasteiger charge is 2.38. The van der Waals surface area contributed by atoms with E-state index in [0.717, 1.165) is 0 Å². The number of nitrogens with zero attached hydrogens (tertiary/aromatic N) is 4. The molecule has 0 saturated heterocycles. The van der Waals surface area contributed by atoms with Crippen molar-refractivity contribution in [1.82, 2.24) is 18.3 Å². The zero-order valence-electron chi connectivity index (χ0n) is 56.1. The Bertz CT molecular complexity index is 6550. The van der Waals surface area contributed by atoms with Crippen molar-refractivity contribution in [2.45, 2.75) is 38.5 Å². The molecule has 0 spiro atoms. The molecular formula is C96H68N4. The maximum Gasteiger partial charge on any atom is 0.0544 e. The number of rotatable bonds is 7. The van der Waals surface area contributed by atoms with Crippen molar-refractivity contribution in [3.8, 4) is 78.4 Å². The molecule has 4 aromatic heterocycles. The second-order valence-electron chi connectivity index (χ2n) is 28.4. The van der Waals surface area contributed by atoms with Gasteiger partial charge in [-0.25, -0.2) is 0 Å². The van der Waals surface area contributed by atoms with Gasteiger partial charge in [-0.1, -0.05) is 234 Å². The van der Waals surface area contributed by atoms with E-state index in [1.54, 1.807) is 0 Å². The van der Waals surface area contributed by atoms with E-state index in [1.165, 1.54) is 188 Å². The largest absolute Gasteiger partial charge is 0.309 e. The summed E-state index contributed by atoms with van der Waals surface area (Å²) < 4.78 is 9.70. The van der Waals surface area contributed by atoms with Crippen molar-refractivity contribution in [3.63, 3.8) is 0 Å². The molecule has 472 valence electrons. The molecule has 0 unspecified atom stereocenters. The quantitative estimate of drug-likeness (QED) is 0.152. The lowest BCUT2D eigenvalue weighted by Crippen LogP contribution is -2.14. The zero-order chi connectivity index (χ0) is 66.5. The van der Waals surface area contributed by atoms with E-state index >= 15 is 0 Å². The fraction of sp³-hybridized carbons (Fsp3) is 0.0625. The first-order valence-corrected chi connectivity index (χ1v) is 35.0. The monoisotopic (exact) mass is 1280 g/mol. The summed E-state index contributed by atoms with van der Waals surface area (Å²) in [7, 11) is 0. The molecule has 0 radical (unpaired) electrons. The second kappa shape index (κ2) is 22.0. The van der Waals surface area contributed by atoms with Crippen LogP contribution in [0.2, 0.25) is 0 Å². The summed E-state index contributed by atoms with van der Waals surface area (Å²) in [6, 6.07) is 125. The van der Waals surface area contributed by atoms with E-state index in [0.29, 0.717) is 0 Å². The summed E-state index contributed by atoms with van der Waals surface area (Å²) in [5, 5.41) is 10.2. The smallest absolute Gasteiger partial charge is 0.0544 e. The Labute approximate surface area is 580 Å². The highest BCUT2D eigenvalue weighted by Crippen LogP contribution is 2.54. The van der Waals surface area contributed by atoms with E-state index in [9.17, 15) is 0 Å². The minimum absolute atomic E-state index is 0.0579. The van der Waals surface area contributed by atoms with Crippen LogP contribution in [0.1, 0.15) is 49.9 Å². The van der Waals surface area contributed by atoms with E-state index in [4.69, 9.17) is 0 Å². The van der Waals surface area contributed by atoms with Crippen LogP contribution in [-0.4, -0.2) is 18.3 Å². The first-order valence-electron chi connectivity index (χ1n) is 35.0. The molecule has 0 atom stereocenters. The number of aromatic nitrogens is 4. The molecule has 21 rings (SSSR count). The Kier molecular flexibility index (Phi) is 12.7. The van der Waals surface area contributed by atoms with Crippen LogP contribution >= 0.6 is 0 Å². The summed E-state index contributed by atoms with van der Waals surface area (Å²) in [5.74, 6) is 0. The summed E-state index contributed by atoms with van der Waals surface area (Å²) in [4.78, 5) is 0. The van der Waals surface area contributed by atoms with Gasteiger partial charge in [0.1, 0.15) is 0 Å². The van der Waals surface area contributed by atoms with Gasteiger partial charge in [-0.2, -0.15) is 0 Å². The topological polar surface area (TPSA) is 19.7 Å². The van der Waals surface area contributed by atoms with Crippen molar-refractivity contribution in [2.75, 3.05) is 0 Å². The average molecular weight is 1280 g/mol. The van der Waals surface area contributed by atoms with Crippen LogP contribution in [0.5, 0.6) is 0 Å². The predicted molar refractivity (Wildman–Crippen MR) is 422 cm³/mol. The van der Waals surface area contributed by atoms with Crippen LogP contribution in [0.3, 0.4) is 0 Å². The van der Waals surface area contributed by atoms with E-state index in [-0.39, 0.29) is 10.8 Å². The molecule has 0 saturated carbocycles. The maximum atomic E-state index is 2.48. The number of para-hydroxylation sites is 5. The summed E-state index contributed by atoms with van der Waals surface area (Å²) in [6.45, 7) is 9.47. The number of hydrogen-bond acceptors (Lipinski definition) is 0. The normalized spacial score (nSPS) is 13.4. The summed E-state index contributed by atoms with van der Waals surface area (Å²) in [6.07, 6.45) is 0. The van der Waals surface area contributed by atoms with Crippen LogP contribution in [0.25, 0.3) is 166 Å². The average Bonchev–Trinajstić information content (AvgIpc) is 1.56. The van der Waals surface area contributed by atoms with E-state index < -0.39 is 0 Å². The van der Waals surface area contributed by atoms with Crippen LogP contribution in [0.15, 0.2) is 340 Å². The Morgan fingerprint density at radius 2 is 0.460 bits per heavy atom. The van der Waals surface area contributed by atoms with Gasteiger partial charge < -0.3 is 18.3 Å². The standard InChI is InChI=1S/C51H36N2.C45H32N2/c1-51(2)45-22-11-9-20-39(45)41-31-44-43-30-36(35-24-26-48-42(29-35)40-21-10-12-23-47(40)52(48)37-17-7-4-8-18-37)25-27-49(43)53(50(44)32-46(41)51)38-19-13-16-34(28-38)33-14-5-3-6-15-33;1-45(2)39-19-11-9-17-33(39)35-27-38-37-26-30(22-24-43(37)47(44(38)28-40(35)45)32-15-7-4-8-16-32)29-21-23-42-36(25-29)34-18-10-12-20-41(34)46(42)31-13-5-3-6-14-31/h3-32H,1-2H3;3-28H,1-2H3. The molecule has 100 heavy (non-hydrogen) atoms. The van der Waals surface area contributed by atoms with Crippen molar-refractivity contribution >= 4 is 87.2 Å². The predicted octanol–water partition coefficient (Wildman–Crippen LogP) is 25.4. The maximum absolute atomic E-state index is 2.48. The van der Waals surface area contributed by atoms with E-state index in [2.05, 4.69) is 386 Å². The molecule has 15 aromatic carbocycles. The lowest BCUT2D eigenvalue weighted by molar-refractivity contribution is 0.661. The van der Waals surface area contributed by atoms with Crippen LogP contribution < -0.4 is 0 Å². The molecule has 4 heterocycles. The fourth-order valence-corrected chi connectivity index (χ4v) is 17.4. The van der Waals surface area contributed by atoms with Gasteiger partial charge in [0.15, 0.2) is 0 Å². The third-order valence-corrected chi connectivity index (χ3v) is 22.2. The fourth-order valence-electron chi connectivity index (χ4n) is 17.4. The molecule has 2 aliphatic carbocycles. The Balaban J connectivity index is 0.000000136. The zero-order valence-corrected chi connectivity index (χ0v) is 56.1. The molecule has 4 nitrogen and oxygen atoms in total. The Hall–Kier alpha value is -12.5.